The Kier molecular flexibility index (Phi) is 4.84. The van der Waals surface area contributed by atoms with Crippen LogP contribution in [-0.2, 0) is 24.3 Å². The van der Waals surface area contributed by atoms with Crippen molar-refractivity contribution in [1.82, 2.24) is 20.8 Å². The molecule has 4 amide bonds. The van der Waals surface area contributed by atoms with E-state index in [9.17, 15) is 22.8 Å². The van der Waals surface area contributed by atoms with Crippen LogP contribution in [-0.4, -0.2) is 59.4 Å². The smallest absolute Gasteiger partial charge is 0.309 e. The number of fused-ring (bicyclic) bond motifs is 2. The van der Waals surface area contributed by atoms with E-state index in [0.29, 0.717) is 11.5 Å². The fraction of sp³-hybridized carbons (Fsp3) is 0.769. The summed E-state index contributed by atoms with van der Waals surface area (Å²) in [4.78, 5) is 37.6. The molecule has 2 atom stereocenters. The van der Waals surface area contributed by atoms with Crippen LogP contribution in [0.2, 0.25) is 0 Å². The van der Waals surface area contributed by atoms with E-state index in [2.05, 4.69) is 15.1 Å². The summed E-state index contributed by atoms with van der Waals surface area (Å²) in [5.41, 5.74) is 4.72. The van der Waals surface area contributed by atoms with Crippen molar-refractivity contribution in [2.24, 2.45) is 5.92 Å². The van der Waals surface area contributed by atoms with Gasteiger partial charge in [-0.05, 0) is 25.7 Å². The van der Waals surface area contributed by atoms with Crippen molar-refractivity contribution in [3.05, 3.63) is 0 Å². The highest BCUT2D eigenvalue weighted by Crippen LogP contribution is 2.30. The molecule has 1 aliphatic carbocycles. The van der Waals surface area contributed by atoms with E-state index >= 15 is 0 Å². The number of hydrazine groups is 1. The first-order chi connectivity index (χ1) is 11.8. The monoisotopic (exact) mass is 376 g/mol. The molecule has 2 bridgehead atoms. The molecule has 1 saturated carbocycles. The molecule has 140 valence electrons. The van der Waals surface area contributed by atoms with E-state index in [4.69, 9.17) is 4.55 Å². The van der Waals surface area contributed by atoms with Gasteiger partial charge in [-0.2, -0.15) is 13.5 Å². The van der Waals surface area contributed by atoms with Crippen LogP contribution in [0, 0.1) is 5.92 Å². The molecule has 2 saturated heterocycles. The number of nitrogens with one attached hydrogen (secondary N) is 2. The number of rotatable bonds is 4. The molecule has 3 aliphatic rings. The van der Waals surface area contributed by atoms with Gasteiger partial charge in [0, 0.05) is 12.5 Å². The molecule has 3 rings (SSSR count). The maximum absolute atomic E-state index is 12.3. The largest absolute Gasteiger partial charge is 0.418 e. The Labute approximate surface area is 144 Å². The normalized spacial score (nSPS) is 26.8. The number of urea groups is 1. The van der Waals surface area contributed by atoms with Crippen molar-refractivity contribution in [2.75, 3.05) is 6.54 Å². The average molecular weight is 376 g/mol. The fourth-order valence-corrected chi connectivity index (χ4v) is 3.99. The predicted octanol–water partition coefficient (Wildman–Crippen LogP) is -0.673. The second kappa shape index (κ2) is 6.77. The Bertz CT molecular complexity index is 676. The molecule has 0 aromatic carbocycles. The topological polar surface area (TPSA) is 145 Å². The van der Waals surface area contributed by atoms with E-state index in [0.717, 1.165) is 30.6 Å². The zero-order valence-corrected chi connectivity index (χ0v) is 14.2. The summed E-state index contributed by atoms with van der Waals surface area (Å²) in [7, 11) is -4.83. The first-order valence-electron chi connectivity index (χ1n) is 8.13. The fourth-order valence-electron chi connectivity index (χ4n) is 3.60. The van der Waals surface area contributed by atoms with E-state index in [1.807, 2.05) is 0 Å². The van der Waals surface area contributed by atoms with Crippen molar-refractivity contribution in [3.8, 4) is 0 Å². The predicted molar refractivity (Wildman–Crippen MR) is 81.6 cm³/mol. The van der Waals surface area contributed by atoms with Gasteiger partial charge in [-0.15, -0.1) is 4.28 Å². The summed E-state index contributed by atoms with van der Waals surface area (Å²) in [6, 6.07) is -2.23. The molecule has 11 nitrogen and oxygen atoms in total. The molecule has 12 heteroatoms. The zero-order chi connectivity index (χ0) is 18.2. The Morgan fingerprint density at radius 2 is 1.72 bits per heavy atom. The second-order valence-corrected chi connectivity index (χ2v) is 7.47. The molecule has 2 aliphatic heterocycles. The van der Waals surface area contributed by atoms with Crippen LogP contribution in [0.25, 0.3) is 0 Å². The van der Waals surface area contributed by atoms with E-state index in [1.165, 1.54) is 0 Å². The van der Waals surface area contributed by atoms with E-state index < -0.39 is 34.4 Å². The van der Waals surface area contributed by atoms with Gasteiger partial charge in [0.25, 0.3) is 5.91 Å². The quantitative estimate of drug-likeness (QED) is 0.435. The van der Waals surface area contributed by atoms with Crippen LogP contribution in [0.15, 0.2) is 0 Å². The van der Waals surface area contributed by atoms with Crippen molar-refractivity contribution >= 4 is 28.2 Å². The number of hydroxylamine groups is 2. The van der Waals surface area contributed by atoms with Crippen LogP contribution in [0.1, 0.15) is 38.5 Å². The second-order valence-electron chi connectivity index (χ2n) is 6.47. The Morgan fingerprint density at radius 3 is 2.36 bits per heavy atom. The number of piperidine rings is 1. The van der Waals surface area contributed by atoms with Crippen LogP contribution in [0.4, 0.5) is 4.79 Å². The van der Waals surface area contributed by atoms with Crippen LogP contribution >= 0.6 is 0 Å². The SMILES string of the molecule is O=C(NNC(=O)[C@H]1CC[C@H]2CN1C(=O)N2OS(=O)(=O)O)C1CCCC1. The summed E-state index contributed by atoms with van der Waals surface area (Å²) in [5.74, 6) is -0.904. The van der Waals surface area contributed by atoms with Gasteiger partial charge in [-0.3, -0.25) is 25.0 Å². The van der Waals surface area contributed by atoms with Gasteiger partial charge < -0.3 is 4.90 Å². The van der Waals surface area contributed by atoms with Gasteiger partial charge in [0.2, 0.25) is 5.91 Å². The standard InChI is InChI=1S/C13H20N4O7S/c18-11(8-3-1-2-4-8)14-15-12(19)10-6-5-9-7-16(10)13(20)17(9)24-25(21,22)23/h8-10H,1-7H2,(H,14,18)(H,15,19)(H,21,22,23)/t9-,10+/m0/s1. The minimum Gasteiger partial charge on any atom is -0.309 e. The van der Waals surface area contributed by atoms with Gasteiger partial charge in [0.05, 0.1) is 6.04 Å². The third-order valence-corrected chi connectivity index (χ3v) is 5.18. The van der Waals surface area contributed by atoms with Gasteiger partial charge in [-0.25, -0.2) is 4.79 Å². The van der Waals surface area contributed by atoms with Gasteiger partial charge in [-0.1, -0.05) is 12.8 Å². The number of carbonyl (C=O) groups excluding carboxylic acids is 3. The Hall–Kier alpha value is -1.92. The zero-order valence-electron chi connectivity index (χ0n) is 13.4. The lowest BCUT2D eigenvalue weighted by Crippen LogP contribution is -2.54. The first-order valence-corrected chi connectivity index (χ1v) is 9.49. The molecule has 2 heterocycles. The number of hydrogen-bond donors (Lipinski definition) is 3. The van der Waals surface area contributed by atoms with Crippen LogP contribution < -0.4 is 10.9 Å². The highest BCUT2D eigenvalue weighted by molar-refractivity contribution is 7.80. The molecule has 0 radical (unpaired) electrons. The minimum atomic E-state index is -4.83. The van der Waals surface area contributed by atoms with Gasteiger partial charge in [0.15, 0.2) is 0 Å². The van der Waals surface area contributed by atoms with Crippen molar-refractivity contribution in [1.29, 1.82) is 0 Å². The number of hydrogen-bond acceptors (Lipinski definition) is 6. The number of amides is 4. The van der Waals surface area contributed by atoms with Crippen LogP contribution in [0.5, 0.6) is 0 Å². The average Bonchev–Trinajstić information content (AvgIpc) is 3.16. The van der Waals surface area contributed by atoms with Crippen LogP contribution in [0.3, 0.4) is 0 Å². The maximum Gasteiger partial charge on any atom is 0.418 e. The summed E-state index contributed by atoms with van der Waals surface area (Å²) in [5, 5.41) is 0.569. The highest BCUT2D eigenvalue weighted by Gasteiger charge is 2.49. The molecule has 25 heavy (non-hydrogen) atoms. The van der Waals surface area contributed by atoms with E-state index in [-0.39, 0.29) is 24.8 Å². The Morgan fingerprint density at radius 1 is 1.08 bits per heavy atom. The molecule has 3 N–H and O–H groups in total. The minimum absolute atomic E-state index is 0.100. The number of nitrogens with zero attached hydrogens (tertiary/aromatic N) is 2. The summed E-state index contributed by atoms with van der Waals surface area (Å²) >= 11 is 0. The first kappa shape index (κ1) is 17.9. The Balaban J connectivity index is 1.57. The third kappa shape index (κ3) is 3.85. The molecule has 0 unspecified atom stereocenters. The third-order valence-electron chi connectivity index (χ3n) is 4.83. The lowest BCUT2D eigenvalue weighted by atomic mass is 10.0. The lowest BCUT2D eigenvalue weighted by Gasteiger charge is -2.29. The molecular weight excluding hydrogens is 356 g/mol. The van der Waals surface area contributed by atoms with Gasteiger partial charge in [0.1, 0.15) is 6.04 Å². The highest BCUT2D eigenvalue weighted by atomic mass is 32.3. The summed E-state index contributed by atoms with van der Waals surface area (Å²) in [6.07, 6.45) is 4.17. The van der Waals surface area contributed by atoms with Gasteiger partial charge >= 0.3 is 16.4 Å². The van der Waals surface area contributed by atoms with Crippen molar-refractivity contribution in [3.63, 3.8) is 0 Å². The summed E-state index contributed by atoms with van der Waals surface area (Å²) in [6.45, 7) is 0.100. The molecule has 0 spiro atoms. The molecular formula is C13H20N4O7S. The van der Waals surface area contributed by atoms with Crippen molar-refractivity contribution in [2.45, 2.75) is 50.6 Å². The van der Waals surface area contributed by atoms with Crippen molar-refractivity contribution < 1.29 is 31.6 Å². The summed E-state index contributed by atoms with van der Waals surface area (Å²) < 4.78 is 34.7. The molecule has 0 aromatic heterocycles. The lowest BCUT2D eigenvalue weighted by molar-refractivity contribution is -0.133. The maximum atomic E-state index is 12.3. The molecule has 3 fully saturated rings. The van der Waals surface area contributed by atoms with E-state index in [1.54, 1.807) is 0 Å². The molecule has 0 aromatic rings. The number of carbonyl (C=O) groups is 3.